The molecule has 0 saturated carbocycles. The van der Waals surface area contributed by atoms with Gasteiger partial charge in [0.05, 0.1) is 12.9 Å². The molecule has 1 saturated heterocycles. The van der Waals surface area contributed by atoms with Crippen LogP contribution in [0.4, 0.5) is 0 Å². The van der Waals surface area contributed by atoms with E-state index in [0.717, 1.165) is 11.3 Å². The molecule has 1 aliphatic heterocycles. The zero-order valence-electron chi connectivity index (χ0n) is 14.1. The lowest BCUT2D eigenvalue weighted by Gasteiger charge is -2.31. The van der Waals surface area contributed by atoms with E-state index < -0.39 is 10.0 Å². The molecule has 7 heteroatoms. The van der Waals surface area contributed by atoms with Crippen LogP contribution in [0.5, 0.6) is 5.75 Å². The Hall–Kier alpha value is -1.86. The Morgan fingerprint density at radius 1 is 1.38 bits per heavy atom. The maximum Gasteiger partial charge on any atom is 0.244 e. The fourth-order valence-electron chi connectivity index (χ4n) is 2.63. The number of benzene rings is 1. The molecule has 0 unspecified atom stereocenters. The molecular weight excluding hydrogens is 328 g/mol. The summed E-state index contributed by atoms with van der Waals surface area (Å²) >= 11 is 0. The van der Waals surface area contributed by atoms with Gasteiger partial charge in [-0.15, -0.1) is 0 Å². The second-order valence-corrected chi connectivity index (χ2v) is 7.95. The van der Waals surface area contributed by atoms with E-state index in [1.165, 1.54) is 10.4 Å². The molecule has 1 aromatic carbocycles. The van der Waals surface area contributed by atoms with E-state index in [9.17, 15) is 13.2 Å². The number of methoxy groups -OCH3 is 1. The molecule has 1 aliphatic rings. The maximum atomic E-state index is 12.0. The first-order chi connectivity index (χ1) is 11.4. The van der Waals surface area contributed by atoms with Crippen molar-refractivity contribution in [2.75, 3.05) is 26.0 Å². The van der Waals surface area contributed by atoms with E-state index in [4.69, 9.17) is 4.74 Å². The predicted molar refractivity (Wildman–Crippen MR) is 94.2 cm³/mol. The van der Waals surface area contributed by atoms with Gasteiger partial charge >= 0.3 is 0 Å². The van der Waals surface area contributed by atoms with Gasteiger partial charge in [0, 0.05) is 25.2 Å². The highest BCUT2D eigenvalue weighted by atomic mass is 32.2. The van der Waals surface area contributed by atoms with Crippen molar-refractivity contribution in [2.45, 2.75) is 25.8 Å². The average Bonchev–Trinajstić information content (AvgIpc) is 2.60. The second-order valence-electron chi connectivity index (χ2n) is 5.69. The highest BCUT2D eigenvalue weighted by Crippen LogP contribution is 2.15. The Morgan fingerprint density at radius 3 is 2.71 bits per heavy atom. The highest BCUT2D eigenvalue weighted by Gasteiger charge is 2.26. The van der Waals surface area contributed by atoms with Gasteiger partial charge in [0.15, 0.2) is 0 Å². The van der Waals surface area contributed by atoms with Crippen LogP contribution in [0.15, 0.2) is 30.3 Å². The number of rotatable bonds is 6. The van der Waals surface area contributed by atoms with Crippen LogP contribution in [0.1, 0.15) is 25.3 Å². The van der Waals surface area contributed by atoms with Gasteiger partial charge < -0.3 is 10.1 Å². The fourth-order valence-corrected chi connectivity index (χ4v) is 3.76. The summed E-state index contributed by atoms with van der Waals surface area (Å²) in [5.41, 5.74) is 0.883. The molecule has 0 bridgehead atoms. The summed E-state index contributed by atoms with van der Waals surface area (Å²) in [6, 6.07) is 7.45. The van der Waals surface area contributed by atoms with Crippen LogP contribution in [-0.4, -0.2) is 50.6 Å². The van der Waals surface area contributed by atoms with Crippen molar-refractivity contribution < 1.29 is 17.9 Å². The quantitative estimate of drug-likeness (QED) is 0.790. The number of hydrogen-bond acceptors (Lipinski definition) is 4. The van der Waals surface area contributed by atoms with Crippen molar-refractivity contribution in [1.29, 1.82) is 0 Å². The van der Waals surface area contributed by atoms with Gasteiger partial charge in [0.2, 0.25) is 15.9 Å². The molecule has 24 heavy (non-hydrogen) atoms. The number of ether oxygens (including phenoxy) is 1. The summed E-state index contributed by atoms with van der Waals surface area (Å²) in [5.74, 6) is 0.685. The summed E-state index contributed by atoms with van der Waals surface area (Å²) in [6.45, 7) is 2.56. The molecule has 0 radical (unpaired) electrons. The standard InChI is InChI=1S/C17H24N2O4S/c1-3-24(21,22)19-11-9-15(10-12-19)18-17(20)8-7-14-5-4-6-16(13-14)23-2/h4-8,13,15H,3,9-12H2,1-2H3,(H,18,20)/b8-7+. The summed E-state index contributed by atoms with van der Waals surface area (Å²) in [7, 11) is -1.53. The first-order valence-electron chi connectivity index (χ1n) is 8.05. The normalized spacial score (nSPS) is 17.1. The third-order valence-electron chi connectivity index (χ3n) is 4.08. The lowest BCUT2D eigenvalue weighted by Crippen LogP contribution is -2.46. The average molecular weight is 352 g/mol. The van der Waals surface area contributed by atoms with Crippen molar-refractivity contribution in [2.24, 2.45) is 0 Å². The van der Waals surface area contributed by atoms with Gasteiger partial charge in [0.25, 0.3) is 0 Å². The summed E-state index contributed by atoms with van der Waals surface area (Å²) in [4.78, 5) is 12.0. The molecule has 1 fully saturated rings. The van der Waals surface area contributed by atoms with Crippen LogP contribution >= 0.6 is 0 Å². The minimum atomic E-state index is -3.13. The van der Waals surface area contributed by atoms with E-state index in [1.54, 1.807) is 20.1 Å². The van der Waals surface area contributed by atoms with E-state index in [2.05, 4.69) is 5.32 Å². The van der Waals surface area contributed by atoms with E-state index in [0.29, 0.717) is 25.9 Å². The van der Waals surface area contributed by atoms with E-state index in [1.807, 2.05) is 24.3 Å². The zero-order valence-corrected chi connectivity index (χ0v) is 14.9. The molecular formula is C17H24N2O4S. The fraction of sp³-hybridized carbons (Fsp3) is 0.471. The van der Waals surface area contributed by atoms with Crippen molar-refractivity contribution in [3.05, 3.63) is 35.9 Å². The highest BCUT2D eigenvalue weighted by molar-refractivity contribution is 7.89. The Bertz CT molecular complexity index is 692. The number of carbonyl (C=O) groups is 1. The van der Waals surface area contributed by atoms with Crippen LogP contribution < -0.4 is 10.1 Å². The molecule has 0 aromatic heterocycles. The lowest BCUT2D eigenvalue weighted by atomic mass is 10.1. The molecule has 6 nitrogen and oxygen atoms in total. The van der Waals surface area contributed by atoms with E-state index in [-0.39, 0.29) is 17.7 Å². The molecule has 0 spiro atoms. The first-order valence-corrected chi connectivity index (χ1v) is 9.66. The SMILES string of the molecule is CCS(=O)(=O)N1CCC(NC(=O)/C=C/c2cccc(OC)c2)CC1. The summed E-state index contributed by atoms with van der Waals surface area (Å²) < 4.78 is 30.3. The first kappa shape index (κ1) is 18.5. The molecule has 0 atom stereocenters. The third-order valence-corrected chi connectivity index (χ3v) is 5.96. The van der Waals surface area contributed by atoms with Gasteiger partial charge in [-0.05, 0) is 43.5 Å². The number of piperidine rings is 1. The number of carbonyl (C=O) groups excluding carboxylic acids is 1. The topological polar surface area (TPSA) is 75.7 Å². The van der Waals surface area contributed by atoms with Crippen molar-refractivity contribution in [3.63, 3.8) is 0 Å². The molecule has 132 valence electrons. The summed E-state index contributed by atoms with van der Waals surface area (Å²) in [6.07, 6.45) is 4.49. The van der Waals surface area contributed by atoms with Gasteiger partial charge in [-0.25, -0.2) is 12.7 Å². The van der Waals surface area contributed by atoms with Crippen molar-refractivity contribution in [3.8, 4) is 5.75 Å². The number of nitrogens with one attached hydrogen (secondary N) is 1. The Labute approximate surface area is 143 Å². The molecule has 1 N–H and O–H groups in total. The molecule has 2 rings (SSSR count). The number of nitrogens with zero attached hydrogens (tertiary/aromatic N) is 1. The van der Waals surface area contributed by atoms with Gasteiger partial charge in [-0.2, -0.15) is 0 Å². The van der Waals surface area contributed by atoms with Gasteiger partial charge in [-0.1, -0.05) is 12.1 Å². The second kappa shape index (κ2) is 8.30. The van der Waals surface area contributed by atoms with Crippen LogP contribution in [0.2, 0.25) is 0 Å². The smallest absolute Gasteiger partial charge is 0.244 e. The Balaban J connectivity index is 1.84. The largest absolute Gasteiger partial charge is 0.497 e. The number of sulfonamides is 1. The lowest BCUT2D eigenvalue weighted by molar-refractivity contribution is -0.117. The molecule has 1 aromatic rings. The molecule has 1 heterocycles. The van der Waals surface area contributed by atoms with Gasteiger partial charge in [0.1, 0.15) is 5.75 Å². The van der Waals surface area contributed by atoms with E-state index >= 15 is 0 Å². The van der Waals surface area contributed by atoms with Crippen LogP contribution in [0.3, 0.4) is 0 Å². The van der Waals surface area contributed by atoms with Gasteiger partial charge in [-0.3, -0.25) is 4.79 Å². The Morgan fingerprint density at radius 2 is 2.08 bits per heavy atom. The predicted octanol–water partition coefficient (Wildman–Crippen LogP) is 1.64. The third kappa shape index (κ3) is 5.07. The number of amides is 1. The monoisotopic (exact) mass is 352 g/mol. The Kier molecular flexibility index (Phi) is 6.39. The molecule has 1 amide bonds. The van der Waals surface area contributed by atoms with Crippen LogP contribution in [-0.2, 0) is 14.8 Å². The zero-order chi connectivity index (χ0) is 17.6. The van der Waals surface area contributed by atoms with Crippen molar-refractivity contribution in [1.82, 2.24) is 9.62 Å². The maximum absolute atomic E-state index is 12.0. The number of hydrogen-bond donors (Lipinski definition) is 1. The minimum Gasteiger partial charge on any atom is -0.497 e. The molecule has 0 aliphatic carbocycles. The minimum absolute atomic E-state index is 0.00997. The van der Waals surface area contributed by atoms with Crippen LogP contribution in [0, 0.1) is 0 Å². The summed E-state index contributed by atoms with van der Waals surface area (Å²) in [5, 5.41) is 2.93. The van der Waals surface area contributed by atoms with Crippen LogP contribution in [0.25, 0.3) is 6.08 Å². The van der Waals surface area contributed by atoms with Crippen molar-refractivity contribution >= 4 is 22.0 Å².